The fraction of sp³-hybridized carbons (Fsp3) is 0.714. The van der Waals surface area contributed by atoms with Crippen molar-refractivity contribution < 1.29 is 14.7 Å². The van der Waals surface area contributed by atoms with Crippen LogP contribution in [0.5, 0.6) is 0 Å². The standard InChI is InChI=1S/C14H19NO3/c16-10-7-5-9(6-8-10)15-13(17)11-3-1-2-4-12(11)14(15)18/h1-2,9-12,16H,3-8H2/t9?,10?,11-,12+. The van der Waals surface area contributed by atoms with Crippen molar-refractivity contribution in [3.63, 3.8) is 0 Å². The van der Waals surface area contributed by atoms with E-state index in [-0.39, 0.29) is 35.8 Å². The summed E-state index contributed by atoms with van der Waals surface area (Å²) in [5.41, 5.74) is 0. The van der Waals surface area contributed by atoms with Gasteiger partial charge in [-0.1, -0.05) is 12.2 Å². The van der Waals surface area contributed by atoms with Gasteiger partial charge in [0.05, 0.1) is 17.9 Å². The first-order valence-electron chi connectivity index (χ1n) is 6.88. The molecule has 0 aromatic rings. The third-order valence-electron chi connectivity index (χ3n) is 4.57. The Morgan fingerprint density at radius 1 is 0.944 bits per heavy atom. The van der Waals surface area contributed by atoms with Crippen molar-refractivity contribution in [3.8, 4) is 0 Å². The third kappa shape index (κ3) is 1.79. The van der Waals surface area contributed by atoms with E-state index in [0.29, 0.717) is 25.7 Å². The first kappa shape index (κ1) is 11.9. The summed E-state index contributed by atoms with van der Waals surface area (Å²) in [6, 6.07) is 0.0269. The minimum atomic E-state index is -0.252. The second-order valence-electron chi connectivity index (χ2n) is 5.66. The lowest BCUT2D eigenvalue weighted by atomic mass is 9.85. The zero-order valence-electron chi connectivity index (χ0n) is 10.4. The summed E-state index contributed by atoms with van der Waals surface area (Å²) in [4.78, 5) is 26.2. The van der Waals surface area contributed by atoms with Crippen LogP contribution in [-0.4, -0.2) is 34.0 Å². The average Bonchev–Trinajstić information content (AvgIpc) is 2.64. The quantitative estimate of drug-likeness (QED) is 0.562. The van der Waals surface area contributed by atoms with Crippen LogP contribution in [0.3, 0.4) is 0 Å². The van der Waals surface area contributed by atoms with Gasteiger partial charge in [0.2, 0.25) is 11.8 Å². The number of hydrogen-bond acceptors (Lipinski definition) is 3. The van der Waals surface area contributed by atoms with Crippen LogP contribution in [0.4, 0.5) is 0 Å². The second kappa shape index (κ2) is 4.50. The topological polar surface area (TPSA) is 57.6 Å². The fourth-order valence-corrected chi connectivity index (χ4v) is 3.50. The molecule has 0 aromatic carbocycles. The van der Waals surface area contributed by atoms with E-state index in [1.807, 2.05) is 12.2 Å². The van der Waals surface area contributed by atoms with E-state index in [9.17, 15) is 14.7 Å². The highest BCUT2D eigenvalue weighted by molar-refractivity contribution is 6.05. The van der Waals surface area contributed by atoms with Crippen molar-refractivity contribution in [2.24, 2.45) is 11.8 Å². The van der Waals surface area contributed by atoms with Gasteiger partial charge < -0.3 is 5.11 Å². The van der Waals surface area contributed by atoms with Gasteiger partial charge in [-0.3, -0.25) is 14.5 Å². The highest BCUT2D eigenvalue weighted by Gasteiger charge is 2.49. The van der Waals surface area contributed by atoms with Crippen molar-refractivity contribution in [2.75, 3.05) is 0 Å². The molecule has 0 unspecified atom stereocenters. The van der Waals surface area contributed by atoms with E-state index in [1.54, 1.807) is 0 Å². The highest BCUT2D eigenvalue weighted by atomic mass is 16.3. The Balaban J connectivity index is 1.77. The summed E-state index contributed by atoms with van der Waals surface area (Å²) >= 11 is 0. The number of carbonyl (C=O) groups is 2. The molecular weight excluding hydrogens is 230 g/mol. The lowest BCUT2D eigenvalue weighted by Crippen LogP contribution is -2.43. The van der Waals surface area contributed by atoms with E-state index < -0.39 is 0 Å². The predicted octanol–water partition coefficient (Wildman–Crippen LogP) is 1.24. The maximum atomic E-state index is 12.3. The van der Waals surface area contributed by atoms with Crippen LogP contribution < -0.4 is 0 Å². The number of rotatable bonds is 1. The first-order valence-corrected chi connectivity index (χ1v) is 6.88. The van der Waals surface area contributed by atoms with E-state index in [4.69, 9.17) is 0 Å². The normalized spacial score (nSPS) is 40.2. The van der Waals surface area contributed by atoms with Gasteiger partial charge in [-0.25, -0.2) is 0 Å². The van der Waals surface area contributed by atoms with Crippen LogP contribution in [0.1, 0.15) is 38.5 Å². The van der Waals surface area contributed by atoms with Crippen LogP contribution in [-0.2, 0) is 9.59 Å². The molecule has 1 saturated heterocycles. The van der Waals surface area contributed by atoms with Gasteiger partial charge in [0.15, 0.2) is 0 Å². The number of likely N-dealkylation sites (tertiary alicyclic amines) is 1. The molecule has 98 valence electrons. The first-order chi connectivity index (χ1) is 8.68. The number of carbonyl (C=O) groups excluding carboxylic acids is 2. The number of allylic oxidation sites excluding steroid dienone is 2. The zero-order valence-corrected chi connectivity index (χ0v) is 10.4. The number of aliphatic hydroxyl groups is 1. The van der Waals surface area contributed by atoms with E-state index in [1.165, 1.54) is 4.90 Å². The molecule has 1 saturated carbocycles. The lowest BCUT2D eigenvalue weighted by molar-refractivity contribution is -0.143. The summed E-state index contributed by atoms with van der Waals surface area (Å²) in [7, 11) is 0. The molecular formula is C14H19NO3. The molecule has 0 radical (unpaired) electrons. The van der Waals surface area contributed by atoms with Gasteiger partial charge in [0.25, 0.3) is 0 Å². The molecule has 2 aliphatic carbocycles. The number of fused-ring (bicyclic) bond motifs is 1. The van der Waals surface area contributed by atoms with Gasteiger partial charge in [-0.05, 0) is 38.5 Å². The average molecular weight is 249 g/mol. The zero-order chi connectivity index (χ0) is 12.7. The van der Waals surface area contributed by atoms with Crippen molar-refractivity contribution in [1.82, 2.24) is 4.90 Å². The maximum Gasteiger partial charge on any atom is 0.233 e. The highest BCUT2D eigenvalue weighted by Crippen LogP contribution is 2.38. The molecule has 3 rings (SSSR count). The minimum absolute atomic E-state index is 0.0238. The Bertz CT molecular complexity index is 370. The summed E-state index contributed by atoms with van der Waals surface area (Å²) in [6.07, 6.45) is 8.11. The monoisotopic (exact) mass is 249 g/mol. The molecule has 0 aromatic heterocycles. The SMILES string of the molecule is O=C1[C@H]2CC=CC[C@H]2C(=O)N1C1CCC(O)CC1. The summed E-state index contributed by atoms with van der Waals surface area (Å²) in [5, 5.41) is 9.51. The van der Waals surface area contributed by atoms with Crippen molar-refractivity contribution >= 4 is 11.8 Å². The molecule has 18 heavy (non-hydrogen) atoms. The van der Waals surface area contributed by atoms with Crippen molar-refractivity contribution in [2.45, 2.75) is 50.7 Å². The molecule has 0 spiro atoms. The van der Waals surface area contributed by atoms with E-state index in [2.05, 4.69) is 0 Å². The van der Waals surface area contributed by atoms with Crippen LogP contribution >= 0.6 is 0 Å². The Morgan fingerprint density at radius 2 is 1.44 bits per heavy atom. The molecule has 0 bridgehead atoms. The second-order valence-corrected chi connectivity index (χ2v) is 5.66. The third-order valence-corrected chi connectivity index (χ3v) is 4.57. The molecule has 1 heterocycles. The maximum absolute atomic E-state index is 12.3. The Morgan fingerprint density at radius 3 is 1.94 bits per heavy atom. The van der Waals surface area contributed by atoms with Crippen LogP contribution in [0.15, 0.2) is 12.2 Å². The van der Waals surface area contributed by atoms with E-state index >= 15 is 0 Å². The Labute approximate surface area is 107 Å². The summed E-state index contributed by atoms with van der Waals surface area (Å²) in [6.45, 7) is 0. The van der Waals surface area contributed by atoms with Gasteiger partial charge in [0.1, 0.15) is 0 Å². The number of amides is 2. The van der Waals surface area contributed by atoms with Crippen LogP contribution in [0.25, 0.3) is 0 Å². The minimum Gasteiger partial charge on any atom is -0.393 e. The van der Waals surface area contributed by atoms with Crippen LogP contribution in [0, 0.1) is 11.8 Å². The molecule has 3 aliphatic rings. The summed E-state index contributed by atoms with van der Waals surface area (Å²) in [5.74, 6) is -0.185. The molecule has 2 atom stereocenters. The number of imide groups is 1. The molecule has 1 aliphatic heterocycles. The molecule has 1 N–H and O–H groups in total. The van der Waals surface area contributed by atoms with Crippen molar-refractivity contribution in [1.29, 1.82) is 0 Å². The predicted molar refractivity (Wildman–Crippen MR) is 65.5 cm³/mol. The van der Waals surface area contributed by atoms with Gasteiger partial charge >= 0.3 is 0 Å². The van der Waals surface area contributed by atoms with E-state index in [0.717, 1.165) is 12.8 Å². The van der Waals surface area contributed by atoms with Gasteiger partial charge in [0, 0.05) is 6.04 Å². The molecule has 4 nitrogen and oxygen atoms in total. The van der Waals surface area contributed by atoms with Crippen molar-refractivity contribution in [3.05, 3.63) is 12.2 Å². The number of aliphatic hydroxyl groups excluding tert-OH is 1. The largest absolute Gasteiger partial charge is 0.393 e. The number of nitrogens with zero attached hydrogens (tertiary/aromatic N) is 1. The van der Waals surface area contributed by atoms with Gasteiger partial charge in [-0.2, -0.15) is 0 Å². The number of hydrogen-bond donors (Lipinski definition) is 1. The molecule has 2 fully saturated rings. The molecule has 2 amide bonds. The Kier molecular flexibility index (Phi) is 2.98. The Hall–Kier alpha value is -1.16. The smallest absolute Gasteiger partial charge is 0.233 e. The molecule has 4 heteroatoms. The van der Waals surface area contributed by atoms with Gasteiger partial charge in [-0.15, -0.1) is 0 Å². The fourth-order valence-electron chi connectivity index (χ4n) is 3.50. The lowest BCUT2D eigenvalue weighted by Gasteiger charge is -2.31. The van der Waals surface area contributed by atoms with Crippen LogP contribution in [0.2, 0.25) is 0 Å². The summed E-state index contributed by atoms with van der Waals surface area (Å²) < 4.78 is 0.